The number of aromatic amines is 1. The van der Waals surface area contributed by atoms with Crippen LogP contribution in [0.3, 0.4) is 0 Å². The molecule has 1 saturated heterocycles. The molecule has 7 heteroatoms. The van der Waals surface area contributed by atoms with Gasteiger partial charge in [-0.2, -0.15) is 5.10 Å². The minimum atomic E-state index is -0.0147. The van der Waals surface area contributed by atoms with Gasteiger partial charge >= 0.3 is 0 Å². The summed E-state index contributed by atoms with van der Waals surface area (Å²) in [5.74, 6) is 1.54. The highest BCUT2D eigenvalue weighted by Crippen LogP contribution is 2.22. The summed E-state index contributed by atoms with van der Waals surface area (Å²) in [5.41, 5.74) is 0.798. The molecule has 0 bridgehead atoms. The second kappa shape index (κ2) is 6.86. The largest absolute Gasteiger partial charge is 0.308 e. The first-order valence-corrected chi connectivity index (χ1v) is 9.32. The van der Waals surface area contributed by atoms with Crippen molar-refractivity contribution in [2.75, 3.05) is 13.1 Å². The number of rotatable bonds is 5. The third kappa shape index (κ3) is 3.42. The predicted molar refractivity (Wildman–Crippen MR) is 95.1 cm³/mol. The van der Waals surface area contributed by atoms with Gasteiger partial charge in [0, 0.05) is 18.9 Å². The Balaban J connectivity index is 1.31. The van der Waals surface area contributed by atoms with Crippen LogP contribution in [-0.2, 0) is 13.1 Å². The smallest absolute Gasteiger partial charge is 0.268 e. The predicted octanol–water partition coefficient (Wildman–Crippen LogP) is 2.48. The fourth-order valence-electron chi connectivity index (χ4n) is 3.39. The van der Waals surface area contributed by atoms with Crippen LogP contribution in [0.2, 0.25) is 0 Å². The highest BCUT2D eigenvalue weighted by molar-refractivity contribution is 7.17. The van der Waals surface area contributed by atoms with E-state index in [0.717, 1.165) is 48.1 Å². The molecule has 1 aliphatic rings. The van der Waals surface area contributed by atoms with Gasteiger partial charge in [0.15, 0.2) is 0 Å². The maximum absolute atomic E-state index is 12.0. The minimum Gasteiger partial charge on any atom is -0.308 e. The summed E-state index contributed by atoms with van der Waals surface area (Å²) in [6, 6.07) is 3.89. The molecule has 0 spiro atoms. The lowest BCUT2D eigenvalue weighted by Crippen LogP contribution is -2.34. The van der Waals surface area contributed by atoms with E-state index in [1.807, 2.05) is 34.6 Å². The molecular formula is C17H21N5OS. The number of thiophene rings is 1. The van der Waals surface area contributed by atoms with Crippen LogP contribution < -0.4 is 5.56 Å². The Morgan fingerprint density at radius 2 is 2.21 bits per heavy atom. The summed E-state index contributed by atoms with van der Waals surface area (Å²) in [6.07, 6.45) is 7.45. The van der Waals surface area contributed by atoms with E-state index in [0.29, 0.717) is 0 Å². The van der Waals surface area contributed by atoms with Crippen molar-refractivity contribution in [3.05, 3.63) is 46.1 Å². The van der Waals surface area contributed by atoms with Gasteiger partial charge in [-0.3, -0.25) is 14.4 Å². The summed E-state index contributed by atoms with van der Waals surface area (Å²) < 4.78 is 2.73. The first kappa shape index (κ1) is 15.5. The lowest BCUT2D eigenvalue weighted by molar-refractivity contribution is 0.165. The molecular weight excluding hydrogens is 322 g/mol. The molecule has 1 fully saturated rings. The third-order valence-corrected chi connectivity index (χ3v) is 5.67. The van der Waals surface area contributed by atoms with Crippen molar-refractivity contribution in [3.8, 4) is 0 Å². The van der Waals surface area contributed by atoms with Crippen LogP contribution in [0.4, 0.5) is 0 Å². The number of likely N-dealkylation sites (tertiary alicyclic amines) is 1. The standard InChI is InChI=1S/C17H21N5OS/c23-17-16-14(5-11-24-16)19-15(20-17)12-21-8-2-13(3-9-21)4-10-22-7-1-6-18-22/h1,5-7,11,13H,2-4,8-10,12H2,(H,19,20,23). The van der Waals surface area contributed by atoms with Crippen molar-refractivity contribution < 1.29 is 0 Å². The maximum Gasteiger partial charge on any atom is 0.268 e. The number of H-pyrrole nitrogens is 1. The lowest BCUT2D eigenvalue weighted by Gasteiger charge is -2.31. The third-order valence-electron chi connectivity index (χ3n) is 4.77. The van der Waals surface area contributed by atoms with Crippen molar-refractivity contribution in [2.24, 2.45) is 5.92 Å². The van der Waals surface area contributed by atoms with Crippen molar-refractivity contribution in [1.82, 2.24) is 24.6 Å². The van der Waals surface area contributed by atoms with Crippen molar-refractivity contribution in [2.45, 2.75) is 32.4 Å². The highest BCUT2D eigenvalue weighted by Gasteiger charge is 2.20. The van der Waals surface area contributed by atoms with Gasteiger partial charge < -0.3 is 4.98 Å². The molecule has 1 N–H and O–H groups in total. The quantitative estimate of drug-likeness (QED) is 0.773. The van der Waals surface area contributed by atoms with E-state index in [-0.39, 0.29) is 5.56 Å². The van der Waals surface area contributed by atoms with E-state index in [2.05, 4.69) is 20.0 Å². The van der Waals surface area contributed by atoms with Crippen LogP contribution in [0.5, 0.6) is 0 Å². The number of nitrogens with zero attached hydrogens (tertiary/aromatic N) is 4. The van der Waals surface area contributed by atoms with Gasteiger partial charge in [-0.1, -0.05) is 0 Å². The molecule has 4 heterocycles. The molecule has 3 aromatic heterocycles. The Labute approximate surface area is 144 Å². The van der Waals surface area contributed by atoms with Gasteiger partial charge in [0.2, 0.25) is 0 Å². The van der Waals surface area contributed by atoms with Gasteiger partial charge in [-0.15, -0.1) is 11.3 Å². The summed E-state index contributed by atoms with van der Waals surface area (Å²) in [4.78, 5) is 21.9. The average molecular weight is 343 g/mol. The molecule has 0 unspecified atom stereocenters. The molecule has 4 rings (SSSR count). The van der Waals surface area contributed by atoms with Crippen molar-refractivity contribution in [3.63, 3.8) is 0 Å². The van der Waals surface area contributed by atoms with Crippen molar-refractivity contribution in [1.29, 1.82) is 0 Å². The van der Waals surface area contributed by atoms with E-state index in [1.54, 1.807) is 0 Å². The second-order valence-corrected chi connectivity index (χ2v) is 7.34. The maximum atomic E-state index is 12.0. The molecule has 126 valence electrons. The van der Waals surface area contributed by atoms with Crippen LogP contribution in [-0.4, -0.2) is 37.7 Å². The topological polar surface area (TPSA) is 66.8 Å². The number of fused-ring (bicyclic) bond motifs is 1. The first-order valence-electron chi connectivity index (χ1n) is 8.44. The second-order valence-electron chi connectivity index (χ2n) is 6.42. The Hall–Kier alpha value is -1.99. The average Bonchev–Trinajstić information content (AvgIpc) is 3.26. The number of aryl methyl sites for hydroxylation is 1. The van der Waals surface area contributed by atoms with Gasteiger partial charge in [0.1, 0.15) is 10.5 Å². The Morgan fingerprint density at radius 3 is 3.00 bits per heavy atom. The Bertz CT molecular complexity index is 845. The van der Waals surface area contributed by atoms with Crippen LogP contribution in [0.25, 0.3) is 10.2 Å². The molecule has 0 aliphatic carbocycles. The van der Waals surface area contributed by atoms with Crippen LogP contribution in [0, 0.1) is 5.92 Å². The minimum absolute atomic E-state index is 0.0147. The molecule has 3 aromatic rings. The number of aromatic nitrogens is 4. The molecule has 0 amide bonds. The molecule has 1 aliphatic heterocycles. The molecule has 6 nitrogen and oxygen atoms in total. The number of hydrogen-bond donors (Lipinski definition) is 1. The van der Waals surface area contributed by atoms with E-state index in [1.165, 1.54) is 30.6 Å². The monoisotopic (exact) mass is 343 g/mol. The van der Waals surface area contributed by atoms with Crippen LogP contribution in [0.15, 0.2) is 34.7 Å². The number of nitrogens with one attached hydrogen (secondary N) is 1. The van der Waals surface area contributed by atoms with Gasteiger partial charge in [-0.05, 0) is 55.8 Å². The van der Waals surface area contributed by atoms with Gasteiger partial charge in [0.25, 0.3) is 5.56 Å². The highest BCUT2D eigenvalue weighted by atomic mass is 32.1. The fourth-order valence-corrected chi connectivity index (χ4v) is 4.11. The zero-order valence-corrected chi connectivity index (χ0v) is 14.3. The Kier molecular flexibility index (Phi) is 4.44. The number of piperidine rings is 1. The summed E-state index contributed by atoms with van der Waals surface area (Å²) in [6.45, 7) is 3.86. The lowest BCUT2D eigenvalue weighted by atomic mass is 9.93. The van der Waals surface area contributed by atoms with Gasteiger partial charge in [0.05, 0.1) is 12.1 Å². The SMILES string of the molecule is O=c1[nH]c(CN2CCC(CCn3cccn3)CC2)nc2ccsc12. The van der Waals surface area contributed by atoms with Crippen molar-refractivity contribution >= 4 is 21.6 Å². The first-order chi connectivity index (χ1) is 11.8. The van der Waals surface area contributed by atoms with Gasteiger partial charge in [-0.25, -0.2) is 4.98 Å². The molecule has 0 saturated carbocycles. The van der Waals surface area contributed by atoms with E-state index >= 15 is 0 Å². The van der Waals surface area contributed by atoms with E-state index in [9.17, 15) is 4.79 Å². The molecule has 24 heavy (non-hydrogen) atoms. The summed E-state index contributed by atoms with van der Waals surface area (Å²) >= 11 is 1.45. The molecule has 0 atom stereocenters. The summed E-state index contributed by atoms with van der Waals surface area (Å²) in [5, 5.41) is 6.18. The van der Waals surface area contributed by atoms with Crippen LogP contribution in [0.1, 0.15) is 25.1 Å². The van der Waals surface area contributed by atoms with E-state index in [4.69, 9.17) is 0 Å². The molecule has 0 aromatic carbocycles. The van der Waals surface area contributed by atoms with E-state index < -0.39 is 0 Å². The molecule has 0 radical (unpaired) electrons. The number of hydrogen-bond acceptors (Lipinski definition) is 5. The fraction of sp³-hybridized carbons (Fsp3) is 0.471. The summed E-state index contributed by atoms with van der Waals surface area (Å²) in [7, 11) is 0. The Morgan fingerprint density at radius 1 is 1.33 bits per heavy atom. The van der Waals surface area contributed by atoms with Crippen LogP contribution >= 0.6 is 11.3 Å². The zero-order chi connectivity index (χ0) is 16.4. The normalized spacial score (nSPS) is 16.8. The zero-order valence-electron chi connectivity index (χ0n) is 13.5.